The van der Waals surface area contributed by atoms with E-state index < -0.39 is 0 Å². The van der Waals surface area contributed by atoms with Crippen molar-refractivity contribution in [3.8, 4) is 5.75 Å². The Bertz CT molecular complexity index is 1080. The lowest BCUT2D eigenvalue weighted by Gasteiger charge is -2.22. The average Bonchev–Trinajstić information content (AvgIpc) is 2.80. The minimum Gasteiger partial charge on any atom is -0.491 e. The van der Waals surface area contributed by atoms with E-state index in [0.717, 1.165) is 41.9 Å². The van der Waals surface area contributed by atoms with Gasteiger partial charge in [0.2, 0.25) is 0 Å². The number of hydrogen-bond acceptors (Lipinski definition) is 4. The smallest absolute Gasteiger partial charge is 0.282 e. The largest absolute Gasteiger partial charge is 0.491 e. The van der Waals surface area contributed by atoms with Gasteiger partial charge in [0.25, 0.3) is 5.56 Å². The Morgan fingerprint density at radius 1 is 1.13 bits per heavy atom. The van der Waals surface area contributed by atoms with Crippen LogP contribution in [0.5, 0.6) is 5.75 Å². The fourth-order valence-corrected chi connectivity index (χ4v) is 3.95. The summed E-state index contributed by atoms with van der Waals surface area (Å²) in [5, 5.41) is 5.19. The number of rotatable bonds is 6. The first-order valence-corrected chi connectivity index (χ1v) is 11.0. The molecule has 0 unspecified atom stereocenters. The lowest BCUT2D eigenvalue weighted by Crippen LogP contribution is -2.25. The molecule has 0 aliphatic heterocycles. The Balaban J connectivity index is 1.68. The van der Waals surface area contributed by atoms with Crippen molar-refractivity contribution in [3.63, 3.8) is 0 Å². The number of hydrogen-bond donors (Lipinski definition) is 0. The Hall–Kier alpha value is -2.95. The molecular weight excluding hydrogens is 374 g/mol. The number of aromatic nitrogens is 2. The Morgan fingerprint density at radius 2 is 1.87 bits per heavy atom. The first-order chi connectivity index (χ1) is 14.7. The zero-order chi connectivity index (χ0) is 20.9. The Kier molecular flexibility index (Phi) is 6.26. The molecule has 0 N–H and O–H groups in total. The molecule has 4 rings (SSSR count). The van der Waals surface area contributed by atoms with Crippen LogP contribution in [0.15, 0.2) is 58.4 Å². The fourth-order valence-electron chi connectivity index (χ4n) is 3.95. The third-order valence-electron chi connectivity index (χ3n) is 5.86. The predicted octanol–water partition coefficient (Wildman–Crippen LogP) is 5.50. The van der Waals surface area contributed by atoms with Gasteiger partial charge in [0.1, 0.15) is 11.6 Å². The second-order valence-electron chi connectivity index (χ2n) is 8.09. The van der Waals surface area contributed by atoms with Crippen molar-refractivity contribution in [1.82, 2.24) is 9.66 Å². The summed E-state index contributed by atoms with van der Waals surface area (Å²) in [6.45, 7) is 4.16. The summed E-state index contributed by atoms with van der Waals surface area (Å²) in [5.74, 6) is 1.90. The van der Waals surface area contributed by atoms with Gasteiger partial charge >= 0.3 is 0 Å². The van der Waals surface area contributed by atoms with Gasteiger partial charge in [-0.2, -0.15) is 9.78 Å². The van der Waals surface area contributed by atoms with E-state index in [1.165, 1.54) is 23.9 Å². The van der Waals surface area contributed by atoms with Crippen LogP contribution >= 0.6 is 0 Å². The van der Waals surface area contributed by atoms with Crippen LogP contribution in [0.2, 0.25) is 0 Å². The summed E-state index contributed by atoms with van der Waals surface area (Å²) in [6, 6.07) is 15.3. The summed E-state index contributed by atoms with van der Waals surface area (Å²) in [6.07, 6.45) is 8.60. The molecule has 0 bridgehead atoms. The predicted molar refractivity (Wildman–Crippen MR) is 122 cm³/mol. The highest BCUT2D eigenvalue weighted by Crippen LogP contribution is 2.31. The molecule has 2 aromatic carbocycles. The van der Waals surface area contributed by atoms with Crippen LogP contribution in [0.4, 0.5) is 0 Å². The zero-order valence-corrected chi connectivity index (χ0v) is 17.8. The third-order valence-corrected chi connectivity index (χ3v) is 5.86. The Labute approximate surface area is 177 Å². The van der Waals surface area contributed by atoms with Gasteiger partial charge in [0.05, 0.1) is 23.2 Å². The molecule has 1 atom stereocenters. The van der Waals surface area contributed by atoms with Crippen molar-refractivity contribution in [1.29, 1.82) is 0 Å². The molecule has 1 aromatic heterocycles. The van der Waals surface area contributed by atoms with Crippen molar-refractivity contribution in [3.05, 3.63) is 70.3 Å². The zero-order valence-electron chi connectivity index (χ0n) is 17.8. The minimum atomic E-state index is -0.103. The van der Waals surface area contributed by atoms with Gasteiger partial charge in [-0.25, -0.2) is 4.98 Å². The monoisotopic (exact) mass is 403 g/mol. The van der Waals surface area contributed by atoms with Crippen molar-refractivity contribution in [2.45, 2.75) is 64.4 Å². The molecule has 3 aromatic rings. The molecule has 0 radical (unpaired) electrons. The molecule has 0 amide bonds. The van der Waals surface area contributed by atoms with Gasteiger partial charge in [-0.3, -0.25) is 4.79 Å². The molecule has 0 saturated heterocycles. The summed E-state index contributed by atoms with van der Waals surface area (Å²) in [7, 11) is 0. The second kappa shape index (κ2) is 9.24. The highest BCUT2D eigenvalue weighted by atomic mass is 16.5. The van der Waals surface area contributed by atoms with Crippen molar-refractivity contribution < 1.29 is 4.74 Å². The van der Waals surface area contributed by atoms with Crippen LogP contribution in [0.25, 0.3) is 10.9 Å². The first kappa shape index (κ1) is 20.3. The van der Waals surface area contributed by atoms with E-state index in [1.807, 2.05) is 48.5 Å². The van der Waals surface area contributed by atoms with Gasteiger partial charge in [-0.1, -0.05) is 38.3 Å². The lowest BCUT2D eigenvalue weighted by atomic mass is 9.88. The SMILES string of the molecule is CC[C@H](C)Oc1ccc(C=Nn2c(C3CCCCC3)nc3ccccc3c2=O)cc1. The summed E-state index contributed by atoms with van der Waals surface area (Å²) < 4.78 is 7.35. The van der Waals surface area contributed by atoms with Crippen LogP contribution in [-0.4, -0.2) is 22.0 Å². The summed E-state index contributed by atoms with van der Waals surface area (Å²) >= 11 is 0. The molecular formula is C25H29N3O2. The molecule has 1 aliphatic rings. The normalized spacial score (nSPS) is 16.2. The second-order valence-corrected chi connectivity index (χ2v) is 8.09. The van der Waals surface area contributed by atoms with E-state index in [-0.39, 0.29) is 17.6 Å². The number of ether oxygens (including phenoxy) is 1. The summed E-state index contributed by atoms with van der Waals surface area (Å²) in [4.78, 5) is 18.1. The highest BCUT2D eigenvalue weighted by Gasteiger charge is 2.22. The number of para-hydroxylation sites is 1. The van der Waals surface area contributed by atoms with E-state index in [4.69, 9.17) is 9.72 Å². The molecule has 0 spiro atoms. The topological polar surface area (TPSA) is 56.5 Å². The molecule has 1 fully saturated rings. The van der Waals surface area contributed by atoms with Gasteiger partial charge in [-0.15, -0.1) is 0 Å². The van der Waals surface area contributed by atoms with Crippen LogP contribution < -0.4 is 10.3 Å². The van der Waals surface area contributed by atoms with Gasteiger partial charge in [0, 0.05) is 5.92 Å². The molecule has 1 aliphatic carbocycles. The first-order valence-electron chi connectivity index (χ1n) is 11.0. The van der Waals surface area contributed by atoms with Crippen LogP contribution in [0.3, 0.4) is 0 Å². The highest BCUT2D eigenvalue weighted by molar-refractivity contribution is 5.80. The molecule has 1 saturated carbocycles. The molecule has 156 valence electrons. The van der Waals surface area contributed by atoms with Crippen molar-refractivity contribution >= 4 is 17.1 Å². The average molecular weight is 404 g/mol. The maximum Gasteiger partial charge on any atom is 0.282 e. The Morgan fingerprint density at radius 3 is 2.60 bits per heavy atom. The van der Waals surface area contributed by atoms with Crippen LogP contribution in [0, 0.1) is 0 Å². The van der Waals surface area contributed by atoms with E-state index in [0.29, 0.717) is 5.39 Å². The van der Waals surface area contributed by atoms with Gasteiger partial charge in [0.15, 0.2) is 0 Å². The number of nitrogens with zero attached hydrogens (tertiary/aromatic N) is 3. The van der Waals surface area contributed by atoms with Crippen LogP contribution in [-0.2, 0) is 0 Å². The lowest BCUT2D eigenvalue weighted by molar-refractivity contribution is 0.217. The quantitative estimate of drug-likeness (QED) is 0.510. The van der Waals surface area contributed by atoms with Crippen molar-refractivity contribution in [2.24, 2.45) is 5.10 Å². The van der Waals surface area contributed by atoms with Gasteiger partial charge in [-0.05, 0) is 68.1 Å². The maximum atomic E-state index is 13.2. The molecule has 5 heteroatoms. The van der Waals surface area contributed by atoms with Crippen molar-refractivity contribution in [2.75, 3.05) is 0 Å². The van der Waals surface area contributed by atoms with E-state index >= 15 is 0 Å². The molecule has 1 heterocycles. The third kappa shape index (κ3) is 4.45. The minimum absolute atomic E-state index is 0.103. The molecule has 30 heavy (non-hydrogen) atoms. The standard InChI is InChI=1S/C25H29N3O2/c1-3-18(2)30-21-15-13-19(14-16-21)17-26-28-24(20-9-5-4-6-10-20)27-23-12-8-7-11-22(23)25(28)29/h7-8,11-18,20H,3-6,9-10H2,1-2H3/t18-/m0/s1. The summed E-state index contributed by atoms with van der Waals surface area (Å²) in [5.41, 5.74) is 1.57. The van der Waals surface area contributed by atoms with E-state index in [2.05, 4.69) is 18.9 Å². The number of fused-ring (bicyclic) bond motifs is 1. The van der Waals surface area contributed by atoms with E-state index in [9.17, 15) is 4.79 Å². The number of benzene rings is 2. The van der Waals surface area contributed by atoms with Gasteiger partial charge < -0.3 is 4.74 Å². The van der Waals surface area contributed by atoms with E-state index in [1.54, 1.807) is 6.21 Å². The maximum absolute atomic E-state index is 13.2. The van der Waals surface area contributed by atoms with Crippen LogP contribution in [0.1, 0.15) is 69.7 Å². The fraction of sp³-hybridized carbons (Fsp3) is 0.400. The molecule has 5 nitrogen and oxygen atoms in total.